The van der Waals surface area contributed by atoms with Crippen LogP contribution in [0.15, 0.2) is 47.6 Å². The SMILES string of the molecule is CC.CC[C@H]1[C@@H]2C/C=C(\c3nn[nH]n3)N/N=C(\C)[C@H]12.c1ccccc1. The molecule has 4 rings (SSSR count). The summed E-state index contributed by atoms with van der Waals surface area (Å²) in [7, 11) is 0. The average Bonchev–Trinajstić information content (AvgIpc) is 3.09. The van der Waals surface area contributed by atoms with Crippen molar-refractivity contribution in [1.29, 1.82) is 0 Å². The Hall–Kier alpha value is -2.50. The zero-order valence-corrected chi connectivity index (χ0v) is 15.5. The Labute approximate surface area is 149 Å². The second kappa shape index (κ2) is 9.71. The number of H-pyrrole nitrogens is 1. The number of benzene rings is 1. The molecule has 1 saturated carbocycles. The summed E-state index contributed by atoms with van der Waals surface area (Å²) in [5.74, 6) is 2.78. The first-order chi connectivity index (χ1) is 12.3. The van der Waals surface area contributed by atoms with Gasteiger partial charge in [-0.2, -0.15) is 10.3 Å². The Kier molecular flexibility index (Phi) is 7.32. The van der Waals surface area contributed by atoms with Crippen molar-refractivity contribution in [1.82, 2.24) is 26.0 Å². The molecule has 134 valence electrons. The van der Waals surface area contributed by atoms with Crippen molar-refractivity contribution in [3.8, 4) is 0 Å². The first-order valence-electron chi connectivity index (χ1n) is 9.05. The van der Waals surface area contributed by atoms with Crippen molar-refractivity contribution in [3.63, 3.8) is 0 Å². The summed E-state index contributed by atoms with van der Waals surface area (Å²) in [5, 5.41) is 18.4. The van der Waals surface area contributed by atoms with Gasteiger partial charge in [-0.1, -0.05) is 69.7 Å². The highest BCUT2D eigenvalue weighted by Gasteiger charge is 2.49. The van der Waals surface area contributed by atoms with E-state index in [1.54, 1.807) is 0 Å². The summed E-state index contributed by atoms with van der Waals surface area (Å²) in [4.78, 5) is 0. The number of hydrazone groups is 1. The van der Waals surface area contributed by atoms with E-state index in [-0.39, 0.29) is 0 Å². The highest BCUT2D eigenvalue weighted by atomic mass is 15.5. The van der Waals surface area contributed by atoms with Crippen LogP contribution in [0.4, 0.5) is 0 Å². The number of hydrogen-bond donors (Lipinski definition) is 2. The van der Waals surface area contributed by atoms with E-state index in [9.17, 15) is 0 Å². The fraction of sp³-hybridized carbons (Fsp3) is 0.474. The van der Waals surface area contributed by atoms with E-state index in [0.29, 0.717) is 11.7 Å². The molecular weight excluding hydrogens is 312 g/mol. The van der Waals surface area contributed by atoms with Gasteiger partial charge < -0.3 is 0 Å². The molecule has 6 nitrogen and oxygen atoms in total. The molecule has 1 aliphatic heterocycles. The maximum absolute atomic E-state index is 4.42. The number of rotatable bonds is 2. The maximum Gasteiger partial charge on any atom is 0.221 e. The van der Waals surface area contributed by atoms with Crippen molar-refractivity contribution in [2.45, 2.75) is 40.5 Å². The van der Waals surface area contributed by atoms with Crippen LogP contribution in [0, 0.1) is 17.8 Å². The van der Waals surface area contributed by atoms with E-state index in [1.807, 2.05) is 50.2 Å². The molecule has 2 aromatic rings. The Morgan fingerprint density at radius 2 is 1.72 bits per heavy atom. The van der Waals surface area contributed by atoms with E-state index < -0.39 is 0 Å². The van der Waals surface area contributed by atoms with Crippen molar-refractivity contribution in [3.05, 3.63) is 48.3 Å². The Bertz CT molecular complexity index is 636. The molecule has 0 bridgehead atoms. The van der Waals surface area contributed by atoms with Gasteiger partial charge in [0.05, 0.1) is 0 Å². The third-order valence-corrected chi connectivity index (χ3v) is 4.49. The van der Waals surface area contributed by atoms with Crippen LogP contribution in [-0.4, -0.2) is 26.3 Å². The lowest BCUT2D eigenvalue weighted by Crippen LogP contribution is -2.13. The van der Waals surface area contributed by atoms with Crippen LogP contribution in [0.25, 0.3) is 5.70 Å². The van der Waals surface area contributed by atoms with Gasteiger partial charge in [-0.25, -0.2) is 0 Å². The van der Waals surface area contributed by atoms with Crippen molar-refractivity contribution in [2.75, 3.05) is 0 Å². The average molecular weight is 340 g/mol. The van der Waals surface area contributed by atoms with E-state index in [4.69, 9.17) is 0 Å². The zero-order valence-electron chi connectivity index (χ0n) is 15.5. The van der Waals surface area contributed by atoms with Crippen LogP contribution in [0.1, 0.15) is 46.4 Å². The largest absolute Gasteiger partial charge is 0.275 e. The van der Waals surface area contributed by atoms with Crippen LogP contribution < -0.4 is 5.43 Å². The van der Waals surface area contributed by atoms with Gasteiger partial charge in [0.1, 0.15) is 5.70 Å². The fourth-order valence-electron chi connectivity index (χ4n) is 3.27. The lowest BCUT2D eigenvalue weighted by molar-refractivity contribution is 0.687. The molecule has 25 heavy (non-hydrogen) atoms. The van der Waals surface area contributed by atoms with Crippen LogP contribution in [-0.2, 0) is 0 Å². The third kappa shape index (κ3) is 4.98. The molecule has 2 N–H and O–H groups in total. The van der Waals surface area contributed by atoms with E-state index in [1.165, 1.54) is 12.1 Å². The summed E-state index contributed by atoms with van der Waals surface area (Å²) in [5.41, 5.74) is 5.08. The molecule has 1 aromatic heterocycles. The molecule has 0 unspecified atom stereocenters. The number of nitrogens with one attached hydrogen (secondary N) is 2. The molecule has 0 spiro atoms. The second-order valence-corrected chi connectivity index (χ2v) is 5.87. The highest BCUT2D eigenvalue weighted by Crippen LogP contribution is 2.52. The Morgan fingerprint density at radius 3 is 2.24 bits per heavy atom. The van der Waals surface area contributed by atoms with Crippen LogP contribution in [0.2, 0.25) is 0 Å². The maximum atomic E-state index is 4.42. The predicted molar refractivity (Wildman–Crippen MR) is 102 cm³/mol. The van der Waals surface area contributed by atoms with Gasteiger partial charge in [-0.15, -0.1) is 10.2 Å². The summed E-state index contributed by atoms with van der Waals surface area (Å²) in [6, 6.07) is 12.0. The Morgan fingerprint density at radius 1 is 1.08 bits per heavy atom. The normalized spacial score (nSPS) is 27.8. The molecule has 0 radical (unpaired) electrons. The van der Waals surface area contributed by atoms with Gasteiger partial charge in [-0.3, -0.25) is 5.43 Å². The summed E-state index contributed by atoms with van der Waals surface area (Å²) >= 11 is 0. The molecule has 3 atom stereocenters. The van der Waals surface area contributed by atoms with Crippen molar-refractivity contribution in [2.24, 2.45) is 22.9 Å². The number of allylic oxidation sites excluding steroid dienone is 1. The highest BCUT2D eigenvalue weighted by molar-refractivity contribution is 5.88. The van der Waals surface area contributed by atoms with Crippen molar-refractivity contribution < 1.29 is 0 Å². The summed E-state index contributed by atoms with van der Waals surface area (Å²) < 4.78 is 0. The van der Waals surface area contributed by atoms with Crippen LogP contribution >= 0.6 is 0 Å². The molecule has 0 saturated heterocycles. The molecule has 1 fully saturated rings. The molecule has 0 amide bonds. The van der Waals surface area contributed by atoms with Gasteiger partial charge in [0.15, 0.2) is 0 Å². The number of aromatic nitrogens is 4. The smallest absolute Gasteiger partial charge is 0.221 e. The number of nitrogens with zero attached hydrogens (tertiary/aromatic N) is 4. The zero-order chi connectivity index (χ0) is 18.1. The number of fused-ring (bicyclic) bond motifs is 1. The van der Waals surface area contributed by atoms with Gasteiger partial charge in [-0.05, 0) is 30.4 Å². The monoisotopic (exact) mass is 340 g/mol. The number of aromatic amines is 1. The number of hydrogen-bond acceptors (Lipinski definition) is 5. The molecule has 1 aromatic carbocycles. The minimum atomic E-state index is 0.577. The topological polar surface area (TPSA) is 78.8 Å². The second-order valence-electron chi connectivity index (χ2n) is 5.87. The third-order valence-electron chi connectivity index (χ3n) is 4.49. The molecule has 2 heterocycles. The van der Waals surface area contributed by atoms with E-state index in [0.717, 1.165) is 24.0 Å². The molecule has 2 aliphatic rings. The molecule has 6 heteroatoms. The first-order valence-corrected chi connectivity index (χ1v) is 9.05. The van der Waals surface area contributed by atoms with Gasteiger partial charge in [0, 0.05) is 11.6 Å². The molecular formula is C19H28N6. The predicted octanol–water partition coefficient (Wildman–Crippen LogP) is 3.89. The summed E-state index contributed by atoms with van der Waals surface area (Å²) in [6.45, 7) is 8.35. The van der Waals surface area contributed by atoms with Crippen LogP contribution in [0.3, 0.4) is 0 Å². The van der Waals surface area contributed by atoms with Crippen LogP contribution in [0.5, 0.6) is 0 Å². The quantitative estimate of drug-likeness (QED) is 0.869. The minimum Gasteiger partial charge on any atom is -0.275 e. The van der Waals surface area contributed by atoms with E-state index >= 15 is 0 Å². The van der Waals surface area contributed by atoms with Gasteiger partial charge >= 0.3 is 0 Å². The van der Waals surface area contributed by atoms with Gasteiger partial charge in [0.2, 0.25) is 5.82 Å². The standard InChI is InChI=1S/C11H16N6.C6H6.C2H6/c1-3-7-8-4-5-9(11-14-16-17-15-11)13-12-6(2)10(7)8;1-2-4-6-5-3-1;1-2/h5,7-8,10,13H,3-4H2,1-2H3,(H,14,15,16,17);1-6H;1-2H3/b9-5+,12-6+;;/t7-,8-,10+;;/m0../s1. The Balaban J connectivity index is 0.000000237. The van der Waals surface area contributed by atoms with E-state index in [2.05, 4.69) is 51.1 Å². The lowest BCUT2D eigenvalue weighted by atomic mass is 10.1. The van der Waals surface area contributed by atoms with Gasteiger partial charge in [0.25, 0.3) is 0 Å². The first kappa shape index (κ1) is 18.8. The summed E-state index contributed by atoms with van der Waals surface area (Å²) in [6.07, 6.45) is 4.43. The minimum absolute atomic E-state index is 0.577. The van der Waals surface area contributed by atoms with Crippen molar-refractivity contribution >= 4 is 11.4 Å². The molecule has 1 aliphatic carbocycles. The number of tetrazole rings is 1. The lowest BCUT2D eigenvalue weighted by Gasteiger charge is -2.07. The fourth-order valence-corrected chi connectivity index (χ4v) is 3.27.